The van der Waals surface area contributed by atoms with Gasteiger partial charge in [0.15, 0.2) is 10.8 Å². The van der Waals surface area contributed by atoms with Crippen molar-refractivity contribution in [2.24, 2.45) is 10.8 Å². The molecule has 0 N–H and O–H groups in total. The van der Waals surface area contributed by atoms with Crippen molar-refractivity contribution in [1.29, 1.82) is 0 Å². The van der Waals surface area contributed by atoms with Crippen LogP contribution in [0.2, 0.25) is 0 Å². The highest BCUT2D eigenvalue weighted by molar-refractivity contribution is 6.03. The lowest BCUT2D eigenvalue weighted by atomic mass is 9.63. The molecule has 138 valence electrons. The monoisotopic (exact) mass is 346 g/mol. The van der Waals surface area contributed by atoms with Crippen molar-refractivity contribution in [2.45, 2.75) is 39.5 Å². The quantitative estimate of drug-likeness (QED) is 0.425. The summed E-state index contributed by atoms with van der Waals surface area (Å²) in [6.45, 7) is 4.00. The second-order valence-electron chi connectivity index (χ2n) is 5.13. The van der Waals surface area contributed by atoms with Gasteiger partial charge in [-0.3, -0.25) is 19.2 Å². The summed E-state index contributed by atoms with van der Waals surface area (Å²) in [5.41, 5.74) is -3.04. The average Bonchev–Trinajstić information content (AvgIpc) is 2.66. The molecule has 0 aromatic rings. The lowest BCUT2D eigenvalue weighted by Gasteiger charge is -2.39. The fraction of sp³-hybridized carbons (Fsp3) is 0.750. The third kappa shape index (κ3) is 3.68. The van der Waals surface area contributed by atoms with Crippen LogP contribution in [0.5, 0.6) is 0 Å². The van der Waals surface area contributed by atoms with E-state index in [0.29, 0.717) is 0 Å². The zero-order valence-electron chi connectivity index (χ0n) is 15.1. The Morgan fingerprint density at radius 2 is 0.708 bits per heavy atom. The molecule has 24 heavy (non-hydrogen) atoms. The van der Waals surface area contributed by atoms with E-state index in [4.69, 9.17) is 0 Å². The van der Waals surface area contributed by atoms with Gasteiger partial charge in [-0.25, -0.2) is 0 Å². The number of esters is 4. The number of carbonyl (C=O) groups is 4. The first-order chi connectivity index (χ1) is 11.3. The molecule has 0 amide bonds. The largest absolute Gasteiger partial charge is 0.468 e. The van der Waals surface area contributed by atoms with Gasteiger partial charge >= 0.3 is 23.9 Å². The SMILES string of the molecule is CC.COC(=O)C1(C(=O)OC)CCC(C(=O)OC)(C(=O)OC)CC1. The lowest BCUT2D eigenvalue weighted by molar-refractivity contribution is -0.184. The molecule has 0 aliphatic heterocycles. The van der Waals surface area contributed by atoms with Gasteiger partial charge in [0.05, 0.1) is 28.4 Å². The van der Waals surface area contributed by atoms with Gasteiger partial charge in [0.2, 0.25) is 0 Å². The third-order valence-corrected chi connectivity index (χ3v) is 4.26. The molecule has 0 saturated heterocycles. The molecule has 0 radical (unpaired) electrons. The Kier molecular flexibility index (Phi) is 8.43. The Hall–Kier alpha value is -2.12. The molecule has 8 heteroatoms. The number of ether oxygens (including phenoxy) is 4. The lowest BCUT2D eigenvalue weighted by Crippen LogP contribution is -2.51. The van der Waals surface area contributed by atoms with Crippen LogP contribution in [0.25, 0.3) is 0 Å². The summed E-state index contributed by atoms with van der Waals surface area (Å²) in [6, 6.07) is 0. The molecule has 1 rings (SSSR count). The van der Waals surface area contributed by atoms with E-state index in [2.05, 4.69) is 18.9 Å². The normalized spacial score (nSPS) is 17.4. The van der Waals surface area contributed by atoms with E-state index < -0.39 is 34.7 Å². The average molecular weight is 346 g/mol. The summed E-state index contributed by atoms with van der Waals surface area (Å²) in [6.07, 6.45) is -0.291. The van der Waals surface area contributed by atoms with Crippen LogP contribution < -0.4 is 0 Å². The van der Waals surface area contributed by atoms with Gasteiger partial charge < -0.3 is 18.9 Å². The summed E-state index contributed by atoms with van der Waals surface area (Å²) in [5.74, 6) is -2.99. The van der Waals surface area contributed by atoms with Crippen LogP contribution in [0.15, 0.2) is 0 Å². The minimum atomic E-state index is -1.52. The van der Waals surface area contributed by atoms with E-state index in [1.807, 2.05) is 13.8 Å². The van der Waals surface area contributed by atoms with Gasteiger partial charge in [-0.05, 0) is 25.7 Å². The Morgan fingerprint density at radius 3 is 0.833 bits per heavy atom. The molecule has 0 spiro atoms. The summed E-state index contributed by atoms with van der Waals surface area (Å²) < 4.78 is 18.7. The van der Waals surface area contributed by atoms with Crippen LogP contribution in [0.3, 0.4) is 0 Å². The number of carbonyl (C=O) groups excluding carboxylic acids is 4. The van der Waals surface area contributed by atoms with Crippen molar-refractivity contribution >= 4 is 23.9 Å². The molecule has 0 atom stereocenters. The molecule has 0 aromatic carbocycles. The maximum atomic E-state index is 12.0. The Morgan fingerprint density at radius 1 is 0.542 bits per heavy atom. The van der Waals surface area contributed by atoms with E-state index in [9.17, 15) is 19.2 Å². The summed E-state index contributed by atoms with van der Waals surface area (Å²) in [5, 5.41) is 0. The number of hydrogen-bond donors (Lipinski definition) is 0. The van der Waals surface area contributed by atoms with E-state index in [1.165, 1.54) is 0 Å². The highest BCUT2D eigenvalue weighted by Gasteiger charge is 2.59. The molecular weight excluding hydrogens is 320 g/mol. The molecule has 1 fully saturated rings. The Labute approximate surface area is 141 Å². The highest BCUT2D eigenvalue weighted by atomic mass is 16.6. The van der Waals surface area contributed by atoms with Crippen LogP contribution >= 0.6 is 0 Å². The number of rotatable bonds is 4. The molecule has 8 nitrogen and oxygen atoms in total. The van der Waals surface area contributed by atoms with Crippen molar-refractivity contribution in [3.8, 4) is 0 Å². The summed E-state index contributed by atoms with van der Waals surface area (Å²) in [7, 11) is 4.65. The Balaban J connectivity index is 0.00000254. The molecular formula is C16H26O8. The van der Waals surface area contributed by atoms with Crippen LogP contribution in [0.4, 0.5) is 0 Å². The van der Waals surface area contributed by atoms with Crippen molar-refractivity contribution in [3.05, 3.63) is 0 Å². The molecule has 0 heterocycles. The van der Waals surface area contributed by atoms with Crippen molar-refractivity contribution in [3.63, 3.8) is 0 Å². The first kappa shape index (κ1) is 21.9. The second-order valence-corrected chi connectivity index (χ2v) is 5.13. The first-order valence-corrected chi connectivity index (χ1v) is 7.68. The van der Waals surface area contributed by atoms with Crippen molar-refractivity contribution < 1.29 is 38.1 Å². The Bertz CT molecular complexity index is 394. The minimum absolute atomic E-state index is 0.0729. The molecule has 1 aliphatic carbocycles. The minimum Gasteiger partial charge on any atom is -0.468 e. The first-order valence-electron chi connectivity index (χ1n) is 7.68. The predicted molar refractivity (Wildman–Crippen MR) is 82.7 cm³/mol. The molecule has 1 saturated carbocycles. The molecule has 0 unspecified atom stereocenters. The molecule has 0 aromatic heterocycles. The summed E-state index contributed by atoms with van der Waals surface area (Å²) in [4.78, 5) is 48.1. The van der Waals surface area contributed by atoms with Gasteiger partial charge in [-0.2, -0.15) is 0 Å². The van der Waals surface area contributed by atoms with E-state index in [1.54, 1.807) is 0 Å². The van der Waals surface area contributed by atoms with Crippen LogP contribution in [-0.4, -0.2) is 52.3 Å². The van der Waals surface area contributed by atoms with Crippen LogP contribution in [-0.2, 0) is 38.1 Å². The maximum absolute atomic E-state index is 12.0. The fourth-order valence-corrected chi connectivity index (χ4v) is 2.87. The molecule has 1 aliphatic rings. The van der Waals surface area contributed by atoms with Crippen molar-refractivity contribution in [1.82, 2.24) is 0 Å². The molecule has 0 bridgehead atoms. The van der Waals surface area contributed by atoms with Gasteiger partial charge in [0.25, 0.3) is 0 Å². The topological polar surface area (TPSA) is 105 Å². The second kappa shape index (κ2) is 9.24. The van der Waals surface area contributed by atoms with Crippen molar-refractivity contribution in [2.75, 3.05) is 28.4 Å². The fourth-order valence-electron chi connectivity index (χ4n) is 2.87. The third-order valence-electron chi connectivity index (χ3n) is 4.26. The van der Waals surface area contributed by atoms with Gasteiger partial charge in [-0.15, -0.1) is 0 Å². The zero-order chi connectivity index (χ0) is 19.0. The van der Waals surface area contributed by atoms with Crippen LogP contribution in [0, 0.1) is 10.8 Å². The smallest absolute Gasteiger partial charge is 0.323 e. The van der Waals surface area contributed by atoms with E-state index >= 15 is 0 Å². The van der Waals surface area contributed by atoms with Crippen LogP contribution in [0.1, 0.15) is 39.5 Å². The maximum Gasteiger partial charge on any atom is 0.323 e. The van der Waals surface area contributed by atoms with Gasteiger partial charge in [0.1, 0.15) is 0 Å². The van der Waals surface area contributed by atoms with E-state index in [-0.39, 0.29) is 25.7 Å². The number of methoxy groups -OCH3 is 4. The highest BCUT2D eigenvalue weighted by Crippen LogP contribution is 2.48. The predicted octanol–water partition coefficient (Wildman–Crippen LogP) is 1.25. The standard InChI is InChI=1S/C14H20O8.C2H6/c1-19-9(15)13(10(16)20-2)5-7-14(8-6-13,11(17)21-3)12(18)22-4;1-2/h5-8H2,1-4H3;1-2H3. The van der Waals surface area contributed by atoms with E-state index in [0.717, 1.165) is 28.4 Å². The number of hydrogen-bond acceptors (Lipinski definition) is 8. The zero-order valence-corrected chi connectivity index (χ0v) is 15.1. The summed E-state index contributed by atoms with van der Waals surface area (Å²) >= 11 is 0. The van der Waals surface area contributed by atoms with Gasteiger partial charge in [0, 0.05) is 0 Å². The van der Waals surface area contributed by atoms with Gasteiger partial charge in [-0.1, -0.05) is 13.8 Å².